The lowest BCUT2D eigenvalue weighted by atomic mass is 9.89. The number of carbonyl (C=O) groups excluding carboxylic acids is 2. The molecule has 0 radical (unpaired) electrons. The number of nitrogens with one attached hydrogen (secondary N) is 3. The molecule has 0 aromatic carbocycles. The maximum atomic E-state index is 12.8. The Morgan fingerprint density at radius 2 is 2.20 bits per heavy atom. The fraction of sp³-hybridized carbons (Fsp3) is 0.429. The number of rotatable bonds is 7. The number of aliphatic hydroxyl groups excluding tert-OH is 1. The number of aromatic nitrogens is 2. The van der Waals surface area contributed by atoms with Gasteiger partial charge in [0.15, 0.2) is 5.69 Å². The fourth-order valence-electron chi connectivity index (χ4n) is 3.25. The van der Waals surface area contributed by atoms with Crippen LogP contribution in [0.1, 0.15) is 24.3 Å². The molecule has 0 aliphatic carbocycles. The molecule has 1 fully saturated rings. The Labute approximate surface area is 198 Å². The van der Waals surface area contributed by atoms with Crippen LogP contribution in [0.2, 0.25) is 0 Å². The average Bonchev–Trinajstić information content (AvgIpc) is 3.36. The summed E-state index contributed by atoms with van der Waals surface area (Å²) in [7, 11) is 1.43. The van der Waals surface area contributed by atoms with Crippen LogP contribution in [-0.2, 0) is 4.79 Å². The molecule has 3 rings (SSSR count). The van der Waals surface area contributed by atoms with Crippen molar-refractivity contribution in [3.05, 3.63) is 30.3 Å². The number of amidine groups is 1. The first kappa shape index (κ1) is 25.8. The molecule has 0 saturated carbocycles. The van der Waals surface area contributed by atoms with Crippen LogP contribution in [0.3, 0.4) is 0 Å². The van der Waals surface area contributed by atoms with E-state index in [0.29, 0.717) is 0 Å². The van der Waals surface area contributed by atoms with Crippen molar-refractivity contribution in [1.82, 2.24) is 20.2 Å². The average molecular weight is 495 g/mol. The summed E-state index contributed by atoms with van der Waals surface area (Å²) >= 11 is 0. The number of hydrogen-bond acceptors (Lipinski definition) is 9. The van der Waals surface area contributed by atoms with E-state index in [1.807, 2.05) is 0 Å². The molecule has 188 valence electrons. The van der Waals surface area contributed by atoms with Crippen molar-refractivity contribution >= 4 is 29.7 Å². The van der Waals surface area contributed by atoms with Gasteiger partial charge in [-0.15, -0.1) is 0 Å². The summed E-state index contributed by atoms with van der Waals surface area (Å²) in [5, 5.41) is 23.2. The molecule has 1 saturated heterocycles. The summed E-state index contributed by atoms with van der Waals surface area (Å²) < 4.78 is 42.6. The van der Waals surface area contributed by atoms with Crippen LogP contribution in [0.25, 0.3) is 11.5 Å². The van der Waals surface area contributed by atoms with Gasteiger partial charge in [0.25, 0.3) is 5.91 Å². The van der Waals surface area contributed by atoms with E-state index in [-0.39, 0.29) is 35.3 Å². The summed E-state index contributed by atoms with van der Waals surface area (Å²) in [5.41, 5.74) is -0.970. The molecule has 35 heavy (non-hydrogen) atoms. The quantitative estimate of drug-likeness (QED) is 0.336. The number of amides is 2. The minimum Gasteiger partial charge on any atom is -0.444 e. The van der Waals surface area contributed by atoms with Crippen molar-refractivity contribution < 1.29 is 32.3 Å². The van der Waals surface area contributed by atoms with Crippen LogP contribution in [0.4, 0.5) is 19.0 Å². The number of pyridine rings is 1. The number of anilines is 1. The van der Waals surface area contributed by atoms with E-state index in [2.05, 4.69) is 25.6 Å². The molecular weight excluding hydrogens is 471 g/mol. The number of oxazole rings is 1. The Morgan fingerprint density at radius 3 is 2.80 bits per heavy atom. The molecule has 11 nitrogen and oxygen atoms in total. The first-order valence-corrected chi connectivity index (χ1v) is 10.4. The number of aliphatic hydroxyl groups is 1. The molecular formula is C21H24F3N7O4. The molecule has 3 heterocycles. The monoisotopic (exact) mass is 495 g/mol. The predicted molar refractivity (Wildman–Crippen MR) is 119 cm³/mol. The van der Waals surface area contributed by atoms with Crippen molar-refractivity contribution in [2.45, 2.75) is 32.2 Å². The van der Waals surface area contributed by atoms with Gasteiger partial charge in [-0.1, -0.05) is 0 Å². The summed E-state index contributed by atoms with van der Waals surface area (Å²) in [6.07, 6.45) is -1.85. The first-order chi connectivity index (χ1) is 16.3. The largest absolute Gasteiger partial charge is 0.444 e. The molecule has 2 atom stereocenters. The van der Waals surface area contributed by atoms with E-state index in [9.17, 15) is 27.9 Å². The maximum Gasteiger partial charge on any atom is 0.405 e. The zero-order valence-corrected chi connectivity index (χ0v) is 19.1. The topological polar surface area (TPSA) is 157 Å². The van der Waals surface area contributed by atoms with Crippen LogP contribution in [0, 0.1) is 10.8 Å². The van der Waals surface area contributed by atoms with Crippen LogP contribution in [-0.4, -0.2) is 82.3 Å². The number of likely N-dealkylation sites (tertiary alicyclic amines) is 1. The minimum absolute atomic E-state index is 0.0389. The molecule has 0 bridgehead atoms. The van der Waals surface area contributed by atoms with Crippen molar-refractivity contribution in [3.63, 3.8) is 0 Å². The van der Waals surface area contributed by atoms with Gasteiger partial charge in [0.2, 0.25) is 11.8 Å². The zero-order valence-electron chi connectivity index (χ0n) is 19.1. The third-order valence-corrected chi connectivity index (χ3v) is 5.37. The summed E-state index contributed by atoms with van der Waals surface area (Å²) in [4.78, 5) is 38.1. The number of halogens is 3. The van der Waals surface area contributed by atoms with Crippen LogP contribution < -0.4 is 10.6 Å². The molecule has 14 heteroatoms. The van der Waals surface area contributed by atoms with Gasteiger partial charge in [-0.3, -0.25) is 24.9 Å². The Kier molecular flexibility index (Phi) is 7.24. The van der Waals surface area contributed by atoms with Crippen molar-refractivity contribution in [3.8, 4) is 11.5 Å². The van der Waals surface area contributed by atoms with Crippen molar-refractivity contribution in [2.75, 3.05) is 25.5 Å². The lowest BCUT2D eigenvalue weighted by Crippen LogP contribution is -2.50. The number of aliphatic imine (C=N–C) groups is 1. The minimum atomic E-state index is -4.43. The molecule has 2 aromatic heterocycles. The normalized spacial score (nSPS) is 18.7. The zero-order chi connectivity index (χ0) is 26.0. The van der Waals surface area contributed by atoms with E-state index in [4.69, 9.17) is 9.83 Å². The fourth-order valence-corrected chi connectivity index (χ4v) is 3.25. The lowest BCUT2D eigenvalue weighted by molar-refractivity contribution is -0.133. The summed E-state index contributed by atoms with van der Waals surface area (Å²) in [6, 6.07) is 1.63. The van der Waals surface area contributed by atoms with Gasteiger partial charge in [0.1, 0.15) is 30.5 Å². The van der Waals surface area contributed by atoms with Crippen LogP contribution in [0.5, 0.6) is 0 Å². The van der Waals surface area contributed by atoms with Gasteiger partial charge in [0.05, 0.1) is 18.1 Å². The van der Waals surface area contributed by atoms with E-state index < -0.39 is 42.1 Å². The van der Waals surface area contributed by atoms with Gasteiger partial charge in [-0.05, 0) is 26.0 Å². The van der Waals surface area contributed by atoms with Crippen molar-refractivity contribution in [1.29, 1.82) is 5.41 Å². The Bertz CT molecular complexity index is 1150. The molecule has 2 amide bonds. The van der Waals surface area contributed by atoms with E-state index in [0.717, 1.165) is 11.2 Å². The summed E-state index contributed by atoms with van der Waals surface area (Å²) in [5.74, 6) is -1.59. The van der Waals surface area contributed by atoms with Crippen molar-refractivity contribution in [2.24, 2.45) is 10.4 Å². The predicted octanol–water partition coefficient (Wildman–Crippen LogP) is 1.72. The standard InChI is InChI=1S/C21H24F3N7O4/c1-20(2)14(32)8-31(19(20)34)16(25)12(7-26-3)29-17(33)13-9-35-18(30-13)11-4-5-27-15(6-11)28-10-21(22,23)24/h4-7,9,12,14,25,32H,8,10H2,1-3H3,(H,27,28)(H,29,33). The molecule has 1 aliphatic rings. The Hall–Kier alpha value is -3.81. The number of carbonyl (C=O) groups is 2. The van der Waals surface area contributed by atoms with E-state index >= 15 is 0 Å². The second-order valence-corrected chi connectivity index (χ2v) is 8.33. The number of alkyl halides is 3. The number of β-amino-alcohol motifs (C(OH)–C–C–N with tert-alkyl or cyclic N) is 1. The lowest BCUT2D eigenvalue weighted by Gasteiger charge is -2.24. The first-order valence-electron chi connectivity index (χ1n) is 10.4. The van der Waals surface area contributed by atoms with Gasteiger partial charge in [0, 0.05) is 25.0 Å². The molecule has 2 unspecified atom stereocenters. The Morgan fingerprint density at radius 1 is 1.49 bits per heavy atom. The second kappa shape index (κ2) is 9.82. The summed E-state index contributed by atoms with van der Waals surface area (Å²) in [6.45, 7) is 1.75. The molecule has 1 aliphatic heterocycles. The van der Waals surface area contributed by atoms with Gasteiger partial charge >= 0.3 is 6.18 Å². The molecule has 0 spiro atoms. The number of hydrogen-bond donors (Lipinski definition) is 4. The highest BCUT2D eigenvalue weighted by Gasteiger charge is 2.48. The Balaban J connectivity index is 1.73. The van der Waals surface area contributed by atoms with E-state index in [1.54, 1.807) is 13.8 Å². The third kappa shape index (κ3) is 5.82. The molecule has 4 N–H and O–H groups in total. The third-order valence-electron chi connectivity index (χ3n) is 5.37. The van der Waals surface area contributed by atoms with Gasteiger partial charge in [-0.2, -0.15) is 13.2 Å². The number of nitrogens with zero attached hydrogens (tertiary/aromatic N) is 4. The van der Waals surface area contributed by atoms with Gasteiger partial charge in [-0.25, -0.2) is 9.97 Å². The molecule has 2 aromatic rings. The van der Waals surface area contributed by atoms with Gasteiger partial charge < -0.3 is 20.2 Å². The highest BCUT2D eigenvalue weighted by Crippen LogP contribution is 2.31. The van der Waals surface area contributed by atoms with Crippen LogP contribution >= 0.6 is 0 Å². The maximum absolute atomic E-state index is 12.8. The smallest absolute Gasteiger partial charge is 0.405 e. The highest BCUT2D eigenvalue weighted by molar-refractivity contribution is 6.11. The highest BCUT2D eigenvalue weighted by atomic mass is 19.4. The van der Waals surface area contributed by atoms with Crippen LogP contribution in [0.15, 0.2) is 34.0 Å². The van der Waals surface area contributed by atoms with E-state index in [1.165, 1.54) is 31.6 Å². The SMILES string of the molecule is CN=CC(NC(=O)c1coc(-c2ccnc(NCC(F)(F)F)c2)n1)C(=N)N1CC(O)C(C)(C)C1=O. The second-order valence-electron chi connectivity index (χ2n) is 8.33.